The number of thiazole rings is 1. The van der Waals surface area contributed by atoms with E-state index in [1.54, 1.807) is 7.11 Å². The molecule has 94 valence electrons. The molecular formula is C11H15ClN2O2S. The maximum absolute atomic E-state index is 11.8. The fourth-order valence-corrected chi connectivity index (χ4v) is 2.86. The van der Waals surface area contributed by atoms with Crippen molar-refractivity contribution in [3.8, 4) is 0 Å². The van der Waals surface area contributed by atoms with Gasteiger partial charge in [0.2, 0.25) is 5.91 Å². The van der Waals surface area contributed by atoms with Crippen LogP contribution in [0.4, 0.5) is 5.13 Å². The van der Waals surface area contributed by atoms with Gasteiger partial charge in [0.1, 0.15) is 0 Å². The standard InChI is InChI=1S/C11H15ClN2O2S/c1-16-11(3-2-4-11)5-9(15)14-10-13-8(6-12)7-17-10/h7H,2-6H2,1H3,(H,13,14,15). The van der Waals surface area contributed by atoms with E-state index in [9.17, 15) is 4.79 Å². The fraction of sp³-hybridized carbons (Fsp3) is 0.636. The lowest BCUT2D eigenvalue weighted by molar-refractivity contribution is -0.129. The summed E-state index contributed by atoms with van der Waals surface area (Å²) in [7, 11) is 1.67. The van der Waals surface area contributed by atoms with Crippen LogP contribution in [-0.4, -0.2) is 23.6 Å². The second-order valence-corrected chi connectivity index (χ2v) is 5.37. The second-order valence-electron chi connectivity index (χ2n) is 4.24. The Balaban J connectivity index is 1.88. The summed E-state index contributed by atoms with van der Waals surface area (Å²) in [6, 6.07) is 0. The minimum atomic E-state index is -0.239. The van der Waals surface area contributed by atoms with Gasteiger partial charge in [-0.3, -0.25) is 4.79 Å². The molecule has 0 unspecified atom stereocenters. The van der Waals surface area contributed by atoms with E-state index >= 15 is 0 Å². The van der Waals surface area contributed by atoms with E-state index in [1.165, 1.54) is 11.3 Å². The first-order chi connectivity index (χ1) is 8.17. The number of carbonyl (C=O) groups is 1. The summed E-state index contributed by atoms with van der Waals surface area (Å²) >= 11 is 7.04. The first kappa shape index (κ1) is 12.8. The van der Waals surface area contributed by atoms with Crippen molar-refractivity contribution in [3.63, 3.8) is 0 Å². The Kier molecular flexibility index (Phi) is 4.01. The lowest BCUT2D eigenvalue weighted by Crippen LogP contribution is -2.42. The highest BCUT2D eigenvalue weighted by atomic mass is 35.5. The molecule has 6 heteroatoms. The molecule has 0 bridgehead atoms. The van der Waals surface area contributed by atoms with Gasteiger partial charge in [0.15, 0.2) is 5.13 Å². The lowest BCUT2D eigenvalue weighted by atomic mass is 9.77. The van der Waals surface area contributed by atoms with E-state index in [2.05, 4.69) is 10.3 Å². The Hall–Kier alpha value is -0.650. The number of halogens is 1. The molecule has 0 spiro atoms. The maximum Gasteiger partial charge on any atom is 0.229 e. The molecule has 1 aliphatic carbocycles. The van der Waals surface area contributed by atoms with Gasteiger partial charge in [-0.2, -0.15) is 0 Å². The molecule has 0 saturated heterocycles. The number of amides is 1. The number of ether oxygens (including phenoxy) is 1. The van der Waals surface area contributed by atoms with Crippen LogP contribution in [0.2, 0.25) is 0 Å². The largest absolute Gasteiger partial charge is 0.378 e. The number of nitrogens with zero attached hydrogens (tertiary/aromatic N) is 1. The van der Waals surface area contributed by atoms with E-state index in [0.717, 1.165) is 25.0 Å². The summed E-state index contributed by atoms with van der Waals surface area (Å²) in [5.74, 6) is 0.330. The Morgan fingerprint density at radius 3 is 2.94 bits per heavy atom. The highest BCUT2D eigenvalue weighted by Crippen LogP contribution is 2.38. The SMILES string of the molecule is COC1(CC(=O)Nc2nc(CCl)cs2)CCC1. The van der Waals surface area contributed by atoms with E-state index < -0.39 is 0 Å². The molecule has 1 aliphatic rings. The van der Waals surface area contributed by atoms with Crippen molar-refractivity contribution in [1.29, 1.82) is 0 Å². The van der Waals surface area contributed by atoms with Crippen LogP contribution >= 0.6 is 22.9 Å². The molecule has 1 amide bonds. The normalized spacial score (nSPS) is 17.5. The zero-order valence-corrected chi connectivity index (χ0v) is 11.2. The van der Waals surface area contributed by atoms with Gasteiger partial charge in [-0.05, 0) is 19.3 Å². The summed E-state index contributed by atoms with van der Waals surface area (Å²) in [4.78, 5) is 16.0. The van der Waals surface area contributed by atoms with Gasteiger partial charge in [0.25, 0.3) is 0 Å². The number of alkyl halides is 1. The van der Waals surface area contributed by atoms with Crippen molar-refractivity contribution < 1.29 is 9.53 Å². The maximum atomic E-state index is 11.8. The lowest BCUT2D eigenvalue weighted by Gasteiger charge is -2.39. The predicted octanol–water partition coefficient (Wildman–Crippen LogP) is 2.78. The fourth-order valence-electron chi connectivity index (χ4n) is 1.91. The third-order valence-corrected chi connectivity index (χ3v) is 4.20. The molecular weight excluding hydrogens is 260 g/mol. The summed E-state index contributed by atoms with van der Waals surface area (Å²) in [6.07, 6.45) is 3.46. The Morgan fingerprint density at radius 2 is 2.47 bits per heavy atom. The average Bonchev–Trinajstić information content (AvgIpc) is 2.71. The van der Waals surface area contributed by atoms with E-state index in [-0.39, 0.29) is 11.5 Å². The molecule has 0 radical (unpaired) electrons. The van der Waals surface area contributed by atoms with Gasteiger partial charge in [0.05, 0.1) is 23.6 Å². The molecule has 1 saturated carbocycles. The molecule has 0 atom stereocenters. The molecule has 0 aliphatic heterocycles. The van der Waals surface area contributed by atoms with Gasteiger partial charge in [-0.15, -0.1) is 22.9 Å². The van der Waals surface area contributed by atoms with Gasteiger partial charge < -0.3 is 10.1 Å². The molecule has 1 heterocycles. The summed E-state index contributed by atoms with van der Waals surface area (Å²) < 4.78 is 5.41. The number of carbonyl (C=O) groups excluding carboxylic acids is 1. The van der Waals surface area contributed by atoms with Gasteiger partial charge in [-0.1, -0.05) is 0 Å². The highest BCUT2D eigenvalue weighted by Gasteiger charge is 2.39. The van der Waals surface area contributed by atoms with Crippen LogP contribution in [-0.2, 0) is 15.4 Å². The van der Waals surface area contributed by atoms with Crippen LogP contribution in [0.3, 0.4) is 0 Å². The molecule has 2 rings (SSSR count). The Bertz CT molecular complexity index is 398. The van der Waals surface area contributed by atoms with Crippen LogP contribution in [0.15, 0.2) is 5.38 Å². The minimum Gasteiger partial charge on any atom is -0.378 e. The molecule has 0 aromatic carbocycles. The van der Waals surface area contributed by atoms with Crippen molar-refractivity contribution >= 4 is 34.0 Å². The minimum absolute atomic E-state index is 0.0398. The molecule has 1 aromatic heterocycles. The van der Waals surface area contributed by atoms with Crippen molar-refractivity contribution in [1.82, 2.24) is 4.98 Å². The Morgan fingerprint density at radius 1 is 1.71 bits per heavy atom. The van der Waals surface area contributed by atoms with Crippen molar-refractivity contribution in [3.05, 3.63) is 11.1 Å². The van der Waals surface area contributed by atoms with Gasteiger partial charge in [0, 0.05) is 12.5 Å². The zero-order valence-electron chi connectivity index (χ0n) is 9.66. The number of rotatable bonds is 5. The summed E-state index contributed by atoms with van der Waals surface area (Å²) in [5, 5.41) is 5.24. The van der Waals surface area contributed by atoms with Crippen molar-refractivity contribution in [2.24, 2.45) is 0 Å². The number of anilines is 1. The number of aromatic nitrogens is 1. The smallest absolute Gasteiger partial charge is 0.229 e. The zero-order chi connectivity index (χ0) is 12.3. The molecule has 1 N–H and O–H groups in total. The van der Waals surface area contributed by atoms with E-state index in [4.69, 9.17) is 16.3 Å². The monoisotopic (exact) mass is 274 g/mol. The Labute approximate surface area is 109 Å². The summed E-state index contributed by atoms with van der Waals surface area (Å²) in [5.41, 5.74) is 0.550. The molecule has 1 fully saturated rings. The number of methoxy groups -OCH3 is 1. The van der Waals surface area contributed by atoms with Crippen LogP contribution in [0.25, 0.3) is 0 Å². The third kappa shape index (κ3) is 2.97. The number of nitrogens with one attached hydrogen (secondary N) is 1. The quantitative estimate of drug-likeness (QED) is 0.840. The first-order valence-corrected chi connectivity index (χ1v) is 6.94. The average molecular weight is 275 g/mol. The molecule has 1 aromatic rings. The topological polar surface area (TPSA) is 51.2 Å². The molecule has 17 heavy (non-hydrogen) atoms. The van der Waals surface area contributed by atoms with Crippen LogP contribution in [0.1, 0.15) is 31.4 Å². The number of hydrogen-bond acceptors (Lipinski definition) is 4. The highest BCUT2D eigenvalue weighted by molar-refractivity contribution is 7.13. The predicted molar refractivity (Wildman–Crippen MR) is 68.5 cm³/mol. The van der Waals surface area contributed by atoms with Crippen molar-refractivity contribution in [2.75, 3.05) is 12.4 Å². The third-order valence-electron chi connectivity index (χ3n) is 3.12. The van der Waals surface area contributed by atoms with Crippen LogP contribution < -0.4 is 5.32 Å². The first-order valence-electron chi connectivity index (χ1n) is 5.53. The van der Waals surface area contributed by atoms with Crippen LogP contribution in [0, 0.1) is 0 Å². The molecule has 4 nitrogen and oxygen atoms in total. The summed E-state index contributed by atoms with van der Waals surface area (Å²) in [6.45, 7) is 0. The van der Waals surface area contributed by atoms with Crippen LogP contribution in [0.5, 0.6) is 0 Å². The van der Waals surface area contributed by atoms with Gasteiger partial charge >= 0.3 is 0 Å². The van der Waals surface area contributed by atoms with Crippen molar-refractivity contribution in [2.45, 2.75) is 37.2 Å². The second kappa shape index (κ2) is 5.33. The van der Waals surface area contributed by atoms with E-state index in [0.29, 0.717) is 17.4 Å². The number of hydrogen-bond donors (Lipinski definition) is 1. The van der Waals surface area contributed by atoms with Gasteiger partial charge in [-0.25, -0.2) is 4.98 Å². The van der Waals surface area contributed by atoms with E-state index in [1.807, 2.05) is 5.38 Å².